The van der Waals surface area contributed by atoms with E-state index in [-0.39, 0.29) is 5.78 Å². The molecule has 0 rings (SSSR count). The monoisotopic (exact) mass is 252 g/mol. The average Bonchev–Trinajstić information content (AvgIpc) is 2.39. The third-order valence-electron chi connectivity index (χ3n) is 3.07. The Bertz CT molecular complexity index is 231. The van der Waals surface area contributed by atoms with E-state index in [1.54, 1.807) is 0 Å². The van der Waals surface area contributed by atoms with Crippen molar-refractivity contribution in [2.75, 3.05) is 0 Å². The van der Waals surface area contributed by atoms with Crippen LogP contribution in [0.15, 0.2) is 12.2 Å². The minimum Gasteiger partial charge on any atom is -0.295 e. The Hall–Kier alpha value is -0.920. The zero-order valence-electron chi connectivity index (χ0n) is 11.8. The standard InChI is InChI=1S/C16H28O2/c1-2-3-4-5-6-7-8-9-10-11-12-13-14-16(18)15-17/h5-6,15H,2-4,7-14H2,1H3. The van der Waals surface area contributed by atoms with E-state index in [0.717, 1.165) is 12.8 Å². The SMILES string of the molecule is CCCCC=CCCCCCCCCC(=O)C=O. The number of carbonyl (C=O) groups is 2. The van der Waals surface area contributed by atoms with Crippen molar-refractivity contribution in [1.82, 2.24) is 0 Å². The molecule has 0 aromatic rings. The molecule has 0 saturated heterocycles. The summed E-state index contributed by atoms with van der Waals surface area (Å²) in [4.78, 5) is 20.8. The van der Waals surface area contributed by atoms with Crippen molar-refractivity contribution in [3.8, 4) is 0 Å². The Balaban J connectivity index is 3.09. The van der Waals surface area contributed by atoms with Crippen LogP contribution >= 0.6 is 0 Å². The van der Waals surface area contributed by atoms with Crippen LogP contribution in [0.2, 0.25) is 0 Å². The third-order valence-corrected chi connectivity index (χ3v) is 3.07. The van der Waals surface area contributed by atoms with Crippen LogP contribution in [-0.2, 0) is 9.59 Å². The van der Waals surface area contributed by atoms with Gasteiger partial charge in [0.25, 0.3) is 0 Å². The molecule has 0 radical (unpaired) electrons. The van der Waals surface area contributed by atoms with E-state index < -0.39 is 0 Å². The lowest BCUT2D eigenvalue weighted by Gasteiger charge is -1.99. The molecule has 0 N–H and O–H groups in total. The number of rotatable bonds is 13. The number of carbonyl (C=O) groups excluding carboxylic acids is 2. The maximum Gasteiger partial charge on any atom is 0.195 e. The number of aldehydes is 1. The number of allylic oxidation sites excluding steroid dienone is 2. The van der Waals surface area contributed by atoms with Crippen LogP contribution < -0.4 is 0 Å². The largest absolute Gasteiger partial charge is 0.295 e. The summed E-state index contributed by atoms with van der Waals surface area (Å²) in [7, 11) is 0. The topological polar surface area (TPSA) is 34.1 Å². The summed E-state index contributed by atoms with van der Waals surface area (Å²) < 4.78 is 0. The van der Waals surface area contributed by atoms with Gasteiger partial charge in [0, 0.05) is 6.42 Å². The van der Waals surface area contributed by atoms with Gasteiger partial charge in [-0.1, -0.05) is 57.6 Å². The fourth-order valence-electron chi connectivity index (χ4n) is 1.89. The molecule has 18 heavy (non-hydrogen) atoms. The fourth-order valence-corrected chi connectivity index (χ4v) is 1.89. The number of hydrogen-bond acceptors (Lipinski definition) is 2. The van der Waals surface area contributed by atoms with Gasteiger partial charge < -0.3 is 0 Å². The first kappa shape index (κ1) is 17.1. The Morgan fingerprint density at radius 2 is 1.39 bits per heavy atom. The van der Waals surface area contributed by atoms with Crippen molar-refractivity contribution in [3.05, 3.63) is 12.2 Å². The van der Waals surface area contributed by atoms with Crippen molar-refractivity contribution in [1.29, 1.82) is 0 Å². The van der Waals surface area contributed by atoms with Crippen LogP contribution in [-0.4, -0.2) is 12.1 Å². The molecule has 2 heteroatoms. The van der Waals surface area contributed by atoms with Crippen molar-refractivity contribution in [2.45, 2.75) is 77.6 Å². The molecule has 0 amide bonds. The van der Waals surface area contributed by atoms with Crippen molar-refractivity contribution >= 4 is 12.1 Å². The van der Waals surface area contributed by atoms with Crippen LogP contribution in [0.4, 0.5) is 0 Å². The lowest BCUT2D eigenvalue weighted by atomic mass is 10.1. The van der Waals surface area contributed by atoms with E-state index in [4.69, 9.17) is 0 Å². The molecule has 0 aliphatic heterocycles. The lowest BCUT2D eigenvalue weighted by Crippen LogP contribution is -1.97. The summed E-state index contributed by atoms with van der Waals surface area (Å²) >= 11 is 0. The minimum atomic E-state index is -0.257. The van der Waals surface area contributed by atoms with Gasteiger partial charge in [0.15, 0.2) is 12.1 Å². The molecule has 104 valence electrons. The van der Waals surface area contributed by atoms with Crippen molar-refractivity contribution in [3.63, 3.8) is 0 Å². The predicted molar refractivity (Wildman–Crippen MR) is 76.7 cm³/mol. The molecule has 0 unspecified atom stereocenters. The highest BCUT2D eigenvalue weighted by atomic mass is 16.2. The lowest BCUT2D eigenvalue weighted by molar-refractivity contribution is -0.129. The summed E-state index contributed by atoms with van der Waals surface area (Å²) in [5, 5.41) is 0. The first-order valence-electron chi connectivity index (χ1n) is 7.44. The van der Waals surface area contributed by atoms with Gasteiger partial charge in [-0.25, -0.2) is 0 Å². The molecule has 0 aromatic carbocycles. The third kappa shape index (κ3) is 13.1. The van der Waals surface area contributed by atoms with Gasteiger partial charge in [-0.2, -0.15) is 0 Å². The Kier molecular flexibility index (Phi) is 13.4. The smallest absolute Gasteiger partial charge is 0.195 e. The molecule has 0 bridgehead atoms. The van der Waals surface area contributed by atoms with Crippen molar-refractivity contribution in [2.24, 2.45) is 0 Å². The van der Waals surface area contributed by atoms with Crippen LogP contribution in [0, 0.1) is 0 Å². The fraction of sp³-hybridized carbons (Fsp3) is 0.750. The second kappa shape index (κ2) is 14.1. The average molecular weight is 252 g/mol. The van der Waals surface area contributed by atoms with E-state index in [9.17, 15) is 9.59 Å². The maximum absolute atomic E-state index is 10.7. The van der Waals surface area contributed by atoms with E-state index in [0.29, 0.717) is 12.7 Å². The van der Waals surface area contributed by atoms with Crippen LogP contribution in [0.1, 0.15) is 77.6 Å². The molecule has 0 heterocycles. The predicted octanol–water partition coefficient (Wildman–Crippen LogP) is 4.62. The quantitative estimate of drug-likeness (QED) is 0.207. The Labute approximate surface area is 112 Å². The first-order valence-corrected chi connectivity index (χ1v) is 7.44. The number of Topliss-reactive ketones (excluding diaryl/α,β-unsaturated/α-hetero) is 1. The molecule has 0 atom stereocenters. The highest BCUT2D eigenvalue weighted by molar-refractivity contribution is 6.24. The Morgan fingerprint density at radius 3 is 2.00 bits per heavy atom. The van der Waals surface area contributed by atoms with Crippen LogP contribution in [0.5, 0.6) is 0 Å². The van der Waals surface area contributed by atoms with E-state index in [1.807, 2.05) is 0 Å². The highest BCUT2D eigenvalue weighted by Crippen LogP contribution is 2.09. The zero-order chi connectivity index (χ0) is 13.5. The second-order valence-corrected chi connectivity index (χ2v) is 4.86. The molecule has 0 saturated carbocycles. The van der Waals surface area contributed by atoms with E-state index >= 15 is 0 Å². The molecule has 2 nitrogen and oxygen atoms in total. The van der Waals surface area contributed by atoms with Gasteiger partial charge in [0.1, 0.15) is 0 Å². The number of unbranched alkanes of at least 4 members (excludes halogenated alkanes) is 8. The van der Waals surface area contributed by atoms with Gasteiger partial charge in [-0.05, 0) is 25.7 Å². The Morgan fingerprint density at radius 1 is 0.833 bits per heavy atom. The van der Waals surface area contributed by atoms with Gasteiger partial charge in [-0.15, -0.1) is 0 Å². The number of hydrogen-bond donors (Lipinski definition) is 0. The maximum atomic E-state index is 10.7. The van der Waals surface area contributed by atoms with E-state index in [2.05, 4.69) is 19.1 Å². The van der Waals surface area contributed by atoms with Gasteiger partial charge in [0.2, 0.25) is 0 Å². The molecule has 0 spiro atoms. The normalized spacial score (nSPS) is 10.9. The van der Waals surface area contributed by atoms with Crippen LogP contribution in [0.3, 0.4) is 0 Å². The summed E-state index contributed by atoms with van der Waals surface area (Å²) in [6.07, 6.45) is 17.4. The van der Waals surface area contributed by atoms with Gasteiger partial charge >= 0.3 is 0 Å². The van der Waals surface area contributed by atoms with Gasteiger partial charge in [-0.3, -0.25) is 9.59 Å². The van der Waals surface area contributed by atoms with Crippen molar-refractivity contribution < 1.29 is 9.59 Å². The first-order chi connectivity index (χ1) is 8.81. The second-order valence-electron chi connectivity index (χ2n) is 4.86. The molecular weight excluding hydrogens is 224 g/mol. The number of ketones is 1. The molecule has 0 aromatic heterocycles. The zero-order valence-corrected chi connectivity index (χ0v) is 11.8. The van der Waals surface area contributed by atoms with Crippen LogP contribution in [0.25, 0.3) is 0 Å². The summed E-state index contributed by atoms with van der Waals surface area (Å²) in [6.45, 7) is 2.22. The summed E-state index contributed by atoms with van der Waals surface area (Å²) in [6, 6.07) is 0. The minimum absolute atomic E-state index is 0.257. The van der Waals surface area contributed by atoms with E-state index in [1.165, 1.54) is 51.4 Å². The van der Waals surface area contributed by atoms with Gasteiger partial charge in [0.05, 0.1) is 0 Å². The summed E-state index contributed by atoms with van der Waals surface area (Å²) in [5.74, 6) is -0.257. The molecular formula is C16H28O2. The molecule has 0 fully saturated rings. The molecule has 0 aliphatic carbocycles. The molecule has 0 aliphatic rings. The summed E-state index contributed by atoms with van der Waals surface area (Å²) in [5.41, 5.74) is 0. The highest BCUT2D eigenvalue weighted by Gasteiger charge is 1.97.